The molecule has 1 heterocycles. The highest BCUT2D eigenvalue weighted by Gasteiger charge is 2.25. The van der Waals surface area contributed by atoms with Crippen LogP contribution in [0.15, 0.2) is 24.3 Å². The van der Waals surface area contributed by atoms with Crippen LogP contribution >= 0.6 is 12.4 Å². The fourth-order valence-corrected chi connectivity index (χ4v) is 2.48. The number of carbonyl (C=O) groups excluding carboxylic acids is 2. The van der Waals surface area contributed by atoms with Crippen LogP contribution in [0.1, 0.15) is 29.8 Å². The zero-order valence-electron chi connectivity index (χ0n) is 13.1. The molecule has 0 aromatic heterocycles. The number of hydrogen-bond donors (Lipinski definition) is 1. The maximum Gasteiger partial charge on any atom is 0.253 e. The molecule has 0 radical (unpaired) electrons. The number of nitrogens with two attached hydrogens (primary N) is 1. The standard InChI is InChI=1S/C16H23N3O2.ClH/c1-3-13-4-6-14(7-5-13)16(21)19-10-8-18(9-11-19)15(20)12(2)17;/h4-7,12H,3,8-11,17H2,1-2H3;1H. The molecule has 1 saturated heterocycles. The van der Waals surface area contributed by atoms with Crippen molar-refractivity contribution in [2.45, 2.75) is 26.3 Å². The van der Waals surface area contributed by atoms with Crippen LogP contribution in [0.25, 0.3) is 0 Å². The number of halogens is 1. The van der Waals surface area contributed by atoms with Gasteiger partial charge in [-0.3, -0.25) is 9.59 Å². The quantitative estimate of drug-likeness (QED) is 0.911. The summed E-state index contributed by atoms with van der Waals surface area (Å²) < 4.78 is 0. The van der Waals surface area contributed by atoms with E-state index in [1.807, 2.05) is 24.3 Å². The minimum absolute atomic E-state index is 0. The van der Waals surface area contributed by atoms with Gasteiger partial charge in [-0.2, -0.15) is 0 Å². The van der Waals surface area contributed by atoms with Crippen LogP contribution in [-0.4, -0.2) is 53.8 Å². The maximum atomic E-state index is 12.4. The predicted molar refractivity (Wildman–Crippen MR) is 89.2 cm³/mol. The molecule has 1 aliphatic heterocycles. The van der Waals surface area contributed by atoms with Crippen LogP contribution in [0.5, 0.6) is 0 Å². The van der Waals surface area contributed by atoms with Gasteiger partial charge in [0.05, 0.1) is 6.04 Å². The fraction of sp³-hybridized carbons (Fsp3) is 0.500. The second-order valence-electron chi connectivity index (χ2n) is 5.46. The normalized spacial score (nSPS) is 16.0. The molecule has 1 atom stereocenters. The molecule has 6 heteroatoms. The average molecular weight is 326 g/mol. The van der Waals surface area contributed by atoms with Crippen LogP contribution in [0.4, 0.5) is 0 Å². The Kier molecular flexibility index (Phi) is 6.84. The van der Waals surface area contributed by atoms with Crippen molar-refractivity contribution in [3.8, 4) is 0 Å². The lowest BCUT2D eigenvalue weighted by Gasteiger charge is -2.35. The van der Waals surface area contributed by atoms with Crippen molar-refractivity contribution in [1.29, 1.82) is 0 Å². The molecule has 1 fully saturated rings. The second kappa shape index (κ2) is 8.15. The third kappa shape index (κ3) is 4.21. The molecular formula is C16H24ClN3O2. The summed E-state index contributed by atoms with van der Waals surface area (Å²) in [6, 6.07) is 7.25. The van der Waals surface area contributed by atoms with E-state index in [1.54, 1.807) is 16.7 Å². The molecule has 1 aromatic carbocycles. The number of carbonyl (C=O) groups is 2. The van der Waals surface area contributed by atoms with Crippen molar-refractivity contribution >= 4 is 24.2 Å². The Bertz CT molecular complexity index is 509. The Morgan fingerprint density at radius 2 is 1.59 bits per heavy atom. The van der Waals surface area contributed by atoms with E-state index < -0.39 is 6.04 Å². The first-order chi connectivity index (χ1) is 10.0. The number of piperazine rings is 1. The van der Waals surface area contributed by atoms with Gasteiger partial charge in [0.25, 0.3) is 5.91 Å². The number of rotatable bonds is 3. The molecule has 1 unspecified atom stereocenters. The Morgan fingerprint density at radius 1 is 1.09 bits per heavy atom. The Morgan fingerprint density at radius 3 is 2.05 bits per heavy atom. The Labute approximate surface area is 137 Å². The largest absolute Gasteiger partial charge is 0.338 e. The van der Waals surface area contributed by atoms with Gasteiger partial charge in [0.2, 0.25) is 5.91 Å². The van der Waals surface area contributed by atoms with Gasteiger partial charge >= 0.3 is 0 Å². The first-order valence-corrected chi connectivity index (χ1v) is 7.45. The van der Waals surface area contributed by atoms with E-state index in [-0.39, 0.29) is 24.2 Å². The molecular weight excluding hydrogens is 302 g/mol. The smallest absolute Gasteiger partial charge is 0.253 e. The van der Waals surface area contributed by atoms with E-state index in [9.17, 15) is 9.59 Å². The summed E-state index contributed by atoms with van der Waals surface area (Å²) in [6.07, 6.45) is 0.965. The number of hydrogen-bond acceptors (Lipinski definition) is 3. The van der Waals surface area contributed by atoms with Gasteiger partial charge in [0.1, 0.15) is 0 Å². The summed E-state index contributed by atoms with van der Waals surface area (Å²) in [5.41, 5.74) is 7.54. The molecule has 0 bridgehead atoms. The molecule has 1 aromatic rings. The van der Waals surface area contributed by atoms with Crippen molar-refractivity contribution < 1.29 is 9.59 Å². The highest BCUT2D eigenvalue weighted by molar-refractivity contribution is 5.94. The number of amides is 2. The minimum Gasteiger partial charge on any atom is -0.338 e. The molecule has 0 aliphatic carbocycles. The van der Waals surface area contributed by atoms with Gasteiger partial charge < -0.3 is 15.5 Å². The van der Waals surface area contributed by atoms with Gasteiger partial charge in [-0.1, -0.05) is 19.1 Å². The summed E-state index contributed by atoms with van der Waals surface area (Å²) in [5.74, 6) is -0.0139. The molecule has 2 amide bonds. The van der Waals surface area contributed by atoms with E-state index in [4.69, 9.17) is 5.73 Å². The minimum atomic E-state index is -0.478. The van der Waals surface area contributed by atoms with Crippen molar-refractivity contribution in [3.05, 3.63) is 35.4 Å². The van der Waals surface area contributed by atoms with Crippen LogP contribution in [0.3, 0.4) is 0 Å². The lowest BCUT2D eigenvalue weighted by molar-refractivity contribution is -0.133. The number of benzene rings is 1. The van der Waals surface area contributed by atoms with Crippen molar-refractivity contribution in [2.75, 3.05) is 26.2 Å². The highest BCUT2D eigenvalue weighted by atomic mass is 35.5. The zero-order chi connectivity index (χ0) is 15.4. The summed E-state index contributed by atoms with van der Waals surface area (Å²) in [7, 11) is 0. The molecule has 5 nitrogen and oxygen atoms in total. The highest BCUT2D eigenvalue weighted by Crippen LogP contribution is 2.11. The van der Waals surface area contributed by atoms with Crippen LogP contribution in [-0.2, 0) is 11.2 Å². The van der Waals surface area contributed by atoms with Crippen molar-refractivity contribution in [3.63, 3.8) is 0 Å². The summed E-state index contributed by atoms with van der Waals surface area (Å²) in [4.78, 5) is 27.7. The third-order valence-corrected chi connectivity index (χ3v) is 3.88. The number of nitrogens with zero attached hydrogens (tertiary/aromatic N) is 2. The van der Waals surface area contributed by atoms with Gasteiger partial charge in [-0.05, 0) is 31.0 Å². The summed E-state index contributed by atoms with van der Waals surface area (Å²) >= 11 is 0. The molecule has 22 heavy (non-hydrogen) atoms. The monoisotopic (exact) mass is 325 g/mol. The summed E-state index contributed by atoms with van der Waals surface area (Å²) in [6.45, 7) is 6.01. The molecule has 122 valence electrons. The maximum absolute atomic E-state index is 12.4. The van der Waals surface area contributed by atoms with Gasteiger partial charge in [0.15, 0.2) is 0 Å². The van der Waals surface area contributed by atoms with Crippen molar-refractivity contribution in [1.82, 2.24) is 9.80 Å². The van der Waals surface area contributed by atoms with Crippen LogP contribution < -0.4 is 5.73 Å². The Balaban J connectivity index is 0.00000242. The predicted octanol–water partition coefficient (Wildman–Crippen LogP) is 1.30. The van der Waals surface area contributed by atoms with E-state index in [0.29, 0.717) is 31.7 Å². The first kappa shape index (κ1) is 18.5. The van der Waals surface area contributed by atoms with Crippen LogP contribution in [0.2, 0.25) is 0 Å². The first-order valence-electron chi connectivity index (χ1n) is 7.45. The summed E-state index contributed by atoms with van der Waals surface area (Å²) in [5, 5.41) is 0. The second-order valence-corrected chi connectivity index (χ2v) is 5.46. The SMILES string of the molecule is CCc1ccc(C(=O)N2CCN(C(=O)C(C)N)CC2)cc1.Cl. The van der Waals surface area contributed by atoms with E-state index in [0.717, 1.165) is 6.42 Å². The van der Waals surface area contributed by atoms with E-state index in [1.165, 1.54) is 5.56 Å². The Hall–Kier alpha value is -1.59. The molecule has 0 spiro atoms. The molecule has 2 N–H and O–H groups in total. The van der Waals surface area contributed by atoms with Crippen molar-refractivity contribution in [2.24, 2.45) is 5.73 Å². The molecule has 1 aliphatic rings. The lowest BCUT2D eigenvalue weighted by Crippen LogP contribution is -2.53. The van der Waals surface area contributed by atoms with Gasteiger partial charge in [0, 0.05) is 31.7 Å². The topological polar surface area (TPSA) is 66.6 Å². The average Bonchev–Trinajstić information content (AvgIpc) is 2.53. The van der Waals surface area contributed by atoms with E-state index in [2.05, 4.69) is 6.92 Å². The van der Waals surface area contributed by atoms with Gasteiger partial charge in [-0.15, -0.1) is 12.4 Å². The van der Waals surface area contributed by atoms with Crippen LogP contribution in [0, 0.1) is 0 Å². The molecule has 2 rings (SSSR count). The van der Waals surface area contributed by atoms with E-state index >= 15 is 0 Å². The lowest BCUT2D eigenvalue weighted by atomic mass is 10.1. The molecule has 0 saturated carbocycles. The zero-order valence-corrected chi connectivity index (χ0v) is 13.9. The third-order valence-electron chi connectivity index (χ3n) is 3.88. The van der Waals surface area contributed by atoms with Gasteiger partial charge in [-0.25, -0.2) is 0 Å². The number of aryl methyl sites for hydroxylation is 1. The fourth-order valence-electron chi connectivity index (χ4n) is 2.48.